The zero-order valence-electron chi connectivity index (χ0n) is 57.0. The zero-order chi connectivity index (χ0) is 72.0. The third-order valence-corrected chi connectivity index (χ3v) is 25.0. The van der Waals surface area contributed by atoms with Crippen LogP contribution < -0.4 is 0 Å². The third-order valence-electron chi connectivity index (χ3n) is 25.0. The smallest absolute Gasteiger partial charge is 0.340 e. The van der Waals surface area contributed by atoms with Crippen molar-refractivity contribution < 1.29 is 159 Å². The molecule has 10 aliphatic rings. The Balaban J connectivity index is 0.905. The Hall–Kier alpha value is -1.99. The lowest BCUT2D eigenvalue weighted by molar-refractivity contribution is -0.398. The molecule has 6 saturated heterocycles. The summed E-state index contributed by atoms with van der Waals surface area (Å²) in [5, 5.41) is 209. The van der Waals surface area contributed by atoms with Gasteiger partial charge in [-0.3, -0.25) is 0 Å². The van der Waals surface area contributed by atoms with E-state index >= 15 is 4.79 Å². The van der Waals surface area contributed by atoms with Crippen LogP contribution in [0.3, 0.4) is 0 Å². The van der Waals surface area contributed by atoms with Gasteiger partial charge in [0.15, 0.2) is 43.2 Å². The number of aliphatic hydroxyl groups excluding tert-OH is 18. The highest BCUT2D eigenvalue weighted by Crippen LogP contribution is 2.76. The molecular formula is C66H110O32. The summed E-state index contributed by atoms with van der Waals surface area (Å²) >= 11 is 0. The highest BCUT2D eigenvalue weighted by Gasteiger charge is 2.71. The van der Waals surface area contributed by atoms with Gasteiger partial charge in [0.25, 0.3) is 0 Å². The van der Waals surface area contributed by atoms with Crippen LogP contribution in [0.25, 0.3) is 0 Å². The first-order valence-corrected chi connectivity index (χ1v) is 34.7. The second-order valence-electron chi connectivity index (χ2n) is 31.1. The maximum atomic E-state index is 15.5. The van der Waals surface area contributed by atoms with E-state index in [4.69, 9.17) is 56.8 Å². The number of carbonyl (C=O) groups is 1. The number of hydrogen-bond acceptors (Lipinski definition) is 32. The lowest BCUT2D eigenvalue weighted by atomic mass is 9.35. The first-order valence-electron chi connectivity index (χ1n) is 34.7. The molecule has 0 radical (unpaired) electrons. The second kappa shape index (κ2) is 30.5. The Morgan fingerprint density at radius 3 is 1.49 bits per heavy atom. The molecule has 0 aromatic rings. The third kappa shape index (κ3) is 14.1. The summed E-state index contributed by atoms with van der Waals surface area (Å²) < 4.78 is 72.9. The Labute approximate surface area is 568 Å². The predicted octanol–water partition coefficient (Wildman–Crippen LogP) is -4.97. The topological polar surface area (TPSA) is 512 Å². The van der Waals surface area contributed by atoms with E-state index < -0.39 is 251 Å². The van der Waals surface area contributed by atoms with Crippen molar-refractivity contribution in [1.29, 1.82) is 0 Å². The summed E-state index contributed by atoms with van der Waals surface area (Å²) in [6.45, 7) is 14.4. The molecule has 19 N–H and O–H groups in total. The molecule has 10 fully saturated rings. The van der Waals surface area contributed by atoms with Crippen LogP contribution >= 0.6 is 0 Å². The zero-order valence-corrected chi connectivity index (χ0v) is 57.0. The van der Waals surface area contributed by atoms with Crippen LogP contribution in [0, 0.1) is 45.3 Å². The lowest BCUT2D eigenvalue weighted by Gasteiger charge is -2.70. The monoisotopic (exact) mass is 1410 g/mol. The Morgan fingerprint density at radius 2 is 0.929 bits per heavy atom. The average molecular weight is 1420 g/mol. The van der Waals surface area contributed by atoms with E-state index in [0.29, 0.717) is 51.4 Å². The van der Waals surface area contributed by atoms with Crippen molar-refractivity contribution in [3.63, 3.8) is 0 Å². The number of hydrogen-bond donors (Lipinski definition) is 19. The Kier molecular flexibility index (Phi) is 24.4. The largest absolute Gasteiger partial charge is 0.431 e. The van der Waals surface area contributed by atoms with Crippen LogP contribution in [0.1, 0.15) is 127 Å². The van der Waals surface area contributed by atoms with Crippen LogP contribution in [-0.2, 0) is 61.6 Å². The average Bonchev–Trinajstić information content (AvgIpc) is 1.17. The second-order valence-corrected chi connectivity index (χ2v) is 31.1. The van der Waals surface area contributed by atoms with Crippen LogP contribution in [0.2, 0.25) is 0 Å². The fraction of sp³-hybridized carbons (Fsp3) is 0.955. The summed E-state index contributed by atoms with van der Waals surface area (Å²) in [6, 6.07) is 0. The molecule has 6 heterocycles. The number of allylic oxidation sites excluding steroid dienone is 2. The summed E-state index contributed by atoms with van der Waals surface area (Å²) in [6.07, 6.45) is -45.9. The Morgan fingerprint density at radius 1 is 0.459 bits per heavy atom. The highest BCUT2D eigenvalue weighted by molar-refractivity contribution is 5.80. The minimum absolute atomic E-state index is 0.0514. The van der Waals surface area contributed by atoms with Crippen molar-refractivity contribution in [2.24, 2.45) is 45.3 Å². The molecule has 0 aromatic heterocycles. The van der Waals surface area contributed by atoms with Gasteiger partial charge in [0.1, 0.15) is 128 Å². The number of ether oxygens (including phenoxy) is 12. The number of aliphatic hydroxyl groups is 19. The van der Waals surface area contributed by atoms with Crippen molar-refractivity contribution in [3.05, 3.63) is 11.6 Å². The maximum absolute atomic E-state index is 15.5. The fourth-order valence-corrected chi connectivity index (χ4v) is 18.9. The molecule has 6 aliphatic heterocycles. The minimum atomic E-state index is -2.28. The SMILES string of the molecule is CC(C)=CCCC(O)(C(=O)OC1OC(COC2OC(C)C(O)C(O)C2O)C(O)C(O)C1OC1OC(CO)C(O)C(O)C1O)C1CCC2(C)C1CCC1C3(C)CCC(OC4OC(CO)C(O)C(OC5OC(CO)C(O)C(O)C5O)C4OC4OC(C)C(O)C(O)C4O)C(C)(C)C3CCC12C. The molecule has 0 spiro atoms. The molecule has 4 aliphatic carbocycles. The van der Waals surface area contributed by atoms with E-state index in [1.165, 1.54) is 13.8 Å². The molecule has 32 nitrogen and oxygen atoms in total. The van der Waals surface area contributed by atoms with Crippen molar-refractivity contribution in [3.8, 4) is 0 Å². The molecule has 39 atom stereocenters. The van der Waals surface area contributed by atoms with Crippen LogP contribution in [0.15, 0.2) is 11.6 Å². The number of esters is 1. The van der Waals surface area contributed by atoms with Gasteiger partial charge in [-0.2, -0.15) is 0 Å². The van der Waals surface area contributed by atoms with Crippen molar-refractivity contribution in [1.82, 2.24) is 0 Å². The fourth-order valence-electron chi connectivity index (χ4n) is 18.9. The minimum Gasteiger partial charge on any atom is -0.431 e. The van der Waals surface area contributed by atoms with Crippen molar-refractivity contribution >= 4 is 5.97 Å². The van der Waals surface area contributed by atoms with Gasteiger partial charge in [-0.1, -0.05) is 46.3 Å². The molecule has 39 unspecified atom stereocenters. The standard InChI is InChI=1S/C66H110O32/c1-25(2)11-10-17-66(86,61(85)98-59-53(96-58-51(84)46(79)40(73)31(22-68)91-58)47(80)41(74)33(93-59)24-87-55-48(81)43(76)37(70)26(3)88-55)29-14-19-64(8)28(29)12-13-35-63(7)18-16-36(62(5,6)34(63)15-20-65(35,64)9)94-60-54(97-56-49(82)44(77)38(71)27(4)89-56)52(42(75)32(23-69)92-60)95-57-50(83)45(78)39(72)30(21-67)90-57/h11,26-60,67-84,86H,10,12-24H2,1-9H3. The molecule has 0 aromatic carbocycles. The number of rotatable bonds is 20. The first-order chi connectivity index (χ1) is 45.9. The van der Waals surface area contributed by atoms with Crippen molar-refractivity contribution in [2.45, 2.75) is 322 Å². The highest BCUT2D eigenvalue weighted by atomic mass is 16.8. The van der Waals surface area contributed by atoms with E-state index in [1.54, 1.807) is 0 Å². The molecule has 4 saturated carbocycles. The number of fused-ring (bicyclic) bond motifs is 5. The predicted molar refractivity (Wildman–Crippen MR) is 329 cm³/mol. The molecule has 0 bridgehead atoms. The summed E-state index contributed by atoms with van der Waals surface area (Å²) in [4.78, 5) is 15.5. The van der Waals surface area contributed by atoms with E-state index in [-0.39, 0.29) is 36.0 Å². The van der Waals surface area contributed by atoms with Gasteiger partial charge in [-0.15, -0.1) is 0 Å². The summed E-state index contributed by atoms with van der Waals surface area (Å²) in [5.41, 5.74) is -3.40. The molecule has 32 heteroatoms. The quantitative estimate of drug-likeness (QED) is 0.0308. The van der Waals surface area contributed by atoms with Gasteiger partial charge in [0.05, 0.1) is 44.7 Å². The van der Waals surface area contributed by atoms with Crippen molar-refractivity contribution in [2.75, 3.05) is 26.4 Å². The van der Waals surface area contributed by atoms with Crippen LogP contribution in [-0.4, -0.2) is 325 Å². The maximum Gasteiger partial charge on any atom is 0.340 e. The summed E-state index contributed by atoms with van der Waals surface area (Å²) in [5.74, 6) is -2.22. The van der Waals surface area contributed by atoms with Crippen LogP contribution in [0.5, 0.6) is 0 Å². The molecular weight excluding hydrogens is 1300 g/mol. The molecule has 10 rings (SSSR count). The number of carbonyl (C=O) groups excluding carboxylic acids is 1. The first kappa shape index (κ1) is 78.6. The van der Waals surface area contributed by atoms with Gasteiger partial charge in [-0.25, -0.2) is 4.79 Å². The van der Waals surface area contributed by atoms with Crippen LogP contribution in [0.4, 0.5) is 0 Å². The lowest BCUT2D eigenvalue weighted by Crippen LogP contribution is -2.68. The van der Waals surface area contributed by atoms with Gasteiger partial charge < -0.3 is 154 Å². The molecule has 0 amide bonds. The van der Waals surface area contributed by atoms with E-state index in [2.05, 4.69) is 34.6 Å². The van der Waals surface area contributed by atoms with Gasteiger partial charge >= 0.3 is 5.97 Å². The Bertz CT molecular complexity index is 2680. The van der Waals surface area contributed by atoms with E-state index in [9.17, 15) is 97.0 Å². The van der Waals surface area contributed by atoms with E-state index in [1.807, 2.05) is 19.9 Å². The molecule has 98 heavy (non-hydrogen) atoms. The van der Waals surface area contributed by atoms with Gasteiger partial charge in [-0.05, 0) is 131 Å². The van der Waals surface area contributed by atoms with E-state index in [0.717, 1.165) is 5.57 Å². The molecule has 566 valence electrons. The summed E-state index contributed by atoms with van der Waals surface area (Å²) in [7, 11) is 0. The van der Waals surface area contributed by atoms with Gasteiger partial charge in [0, 0.05) is 5.92 Å². The van der Waals surface area contributed by atoms with Gasteiger partial charge in [0.2, 0.25) is 6.29 Å². The normalized spacial score (nSPS) is 52.6.